The Labute approximate surface area is 36.7 Å². The Morgan fingerprint density at radius 2 is 2.67 bits per heavy atom. The van der Waals surface area contributed by atoms with Crippen molar-refractivity contribution in [2.45, 2.75) is 0 Å². The Morgan fingerprint density at radius 3 is 2.83 bits per heavy atom. The molecule has 0 saturated carbocycles. The Balaban J connectivity index is 2.49. The van der Waals surface area contributed by atoms with Crippen LogP contribution in [0.4, 0.5) is 0 Å². The normalized spacial score (nSPS) is 8.17. The molecule has 0 amide bonds. The maximum Gasteiger partial charge on any atom is 0.0407 e. The Morgan fingerprint density at radius 1 is 2.00 bits per heavy atom. The van der Waals surface area contributed by atoms with E-state index in [1.54, 1.807) is 6.08 Å². The lowest BCUT2D eigenvalue weighted by atomic mass is 10.7. The minimum absolute atomic E-state index is 0.580. The fourth-order valence-corrected chi connectivity index (χ4v) is 0.107. The van der Waals surface area contributed by atoms with Crippen LogP contribution in [0.3, 0.4) is 0 Å². The van der Waals surface area contributed by atoms with E-state index >= 15 is 0 Å². The molecule has 0 radical (unpaired) electrons. The number of rotatable bonds is 3. The third-order valence-electron chi connectivity index (χ3n) is 0.311. The van der Waals surface area contributed by atoms with Crippen molar-refractivity contribution < 1.29 is 4.94 Å². The van der Waals surface area contributed by atoms with E-state index in [0.29, 0.717) is 6.54 Å². The average Bonchev–Trinajstić information content (AvgIpc) is 1.61. The molecule has 3 nitrogen and oxygen atoms in total. The van der Waals surface area contributed by atoms with Crippen LogP contribution in [-0.2, 0) is 4.94 Å². The summed E-state index contributed by atoms with van der Waals surface area (Å²) in [5.74, 6) is 4.56. The molecule has 36 valence electrons. The van der Waals surface area contributed by atoms with Gasteiger partial charge in [0.05, 0.1) is 0 Å². The van der Waals surface area contributed by atoms with Crippen molar-refractivity contribution in [2.75, 3.05) is 6.54 Å². The Hall–Kier alpha value is -0.380. The van der Waals surface area contributed by atoms with Gasteiger partial charge in [0.2, 0.25) is 0 Å². The summed E-state index contributed by atoms with van der Waals surface area (Å²) in [5.41, 5.74) is 2.36. The van der Waals surface area contributed by atoms with Gasteiger partial charge in [-0.25, -0.2) is 4.94 Å². The van der Waals surface area contributed by atoms with E-state index in [0.717, 1.165) is 0 Å². The summed E-state index contributed by atoms with van der Waals surface area (Å²) in [6.45, 7) is 3.98. The predicted molar refractivity (Wildman–Crippen MR) is 23.5 cm³/mol. The van der Waals surface area contributed by atoms with Crippen LogP contribution in [0, 0.1) is 0 Å². The van der Waals surface area contributed by atoms with Crippen LogP contribution in [0.15, 0.2) is 12.7 Å². The third-order valence-corrected chi connectivity index (χ3v) is 0.311. The topological polar surface area (TPSA) is 47.3 Å². The second-order valence-electron chi connectivity index (χ2n) is 0.755. The molecule has 0 heterocycles. The van der Waals surface area contributed by atoms with E-state index in [1.807, 2.05) is 0 Å². The summed E-state index contributed by atoms with van der Waals surface area (Å²) < 4.78 is 0. The Bertz CT molecular complexity index is 37.8. The predicted octanol–water partition coefficient (Wildman–Crippen LogP) is -0.433. The molecule has 0 aliphatic heterocycles. The van der Waals surface area contributed by atoms with Crippen molar-refractivity contribution in [1.82, 2.24) is 5.48 Å². The van der Waals surface area contributed by atoms with Gasteiger partial charge in [0.15, 0.2) is 0 Å². The second kappa shape index (κ2) is 4.62. The molecule has 0 unspecified atom stereocenters. The van der Waals surface area contributed by atoms with Gasteiger partial charge in [0, 0.05) is 6.54 Å². The summed E-state index contributed by atoms with van der Waals surface area (Å²) in [6.07, 6.45) is 1.65. The first-order chi connectivity index (χ1) is 2.91. The molecule has 0 aliphatic carbocycles. The molecular formula is C3H8N2O. The monoisotopic (exact) mass is 88.1 g/mol. The first-order valence-corrected chi connectivity index (χ1v) is 1.61. The van der Waals surface area contributed by atoms with Gasteiger partial charge in [-0.1, -0.05) is 6.08 Å². The third kappa shape index (κ3) is 3.62. The van der Waals surface area contributed by atoms with Gasteiger partial charge in [0.1, 0.15) is 0 Å². The molecule has 0 saturated heterocycles. The van der Waals surface area contributed by atoms with Crippen LogP contribution in [0.2, 0.25) is 0 Å². The van der Waals surface area contributed by atoms with Crippen LogP contribution < -0.4 is 11.4 Å². The van der Waals surface area contributed by atoms with E-state index in [9.17, 15) is 0 Å². The quantitative estimate of drug-likeness (QED) is 0.279. The molecule has 0 aromatic rings. The van der Waals surface area contributed by atoms with Crippen molar-refractivity contribution in [1.29, 1.82) is 0 Å². The van der Waals surface area contributed by atoms with Crippen molar-refractivity contribution in [3.05, 3.63) is 12.7 Å². The highest BCUT2D eigenvalue weighted by atomic mass is 16.8. The molecule has 0 rings (SSSR count). The number of hydrogen-bond donors (Lipinski definition) is 2. The number of hydroxylamine groups is 1. The van der Waals surface area contributed by atoms with E-state index in [1.165, 1.54) is 0 Å². The van der Waals surface area contributed by atoms with Gasteiger partial charge >= 0.3 is 0 Å². The van der Waals surface area contributed by atoms with E-state index in [2.05, 4.69) is 22.9 Å². The van der Waals surface area contributed by atoms with Crippen molar-refractivity contribution in [2.24, 2.45) is 5.90 Å². The molecular weight excluding hydrogens is 80.0 g/mol. The fourth-order valence-electron chi connectivity index (χ4n) is 0.107. The lowest BCUT2D eigenvalue weighted by molar-refractivity contribution is 0.0486. The van der Waals surface area contributed by atoms with Gasteiger partial charge in [0.25, 0.3) is 0 Å². The first kappa shape index (κ1) is 5.62. The fraction of sp³-hybridized carbons (Fsp3) is 0.333. The average molecular weight is 88.1 g/mol. The summed E-state index contributed by atoms with van der Waals surface area (Å²) in [5, 5.41) is 0. The standard InChI is InChI=1S/C3H8N2O/c1-2-3-5-6-4/h2,5H,1,3-4H2. The number of hydrogen-bond acceptors (Lipinski definition) is 3. The summed E-state index contributed by atoms with van der Waals surface area (Å²) in [4.78, 5) is 3.96. The summed E-state index contributed by atoms with van der Waals surface area (Å²) in [7, 11) is 0. The largest absolute Gasteiger partial charge is 0.217 e. The van der Waals surface area contributed by atoms with Crippen LogP contribution in [0.5, 0.6) is 0 Å². The molecule has 0 aromatic carbocycles. The van der Waals surface area contributed by atoms with E-state index < -0.39 is 0 Å². The molecule has 0 atom stereocenters. The summed E-state index contributed by atoms with van der Waals surface area (Å²) in [6, 6.07) is 0. The van der Waals surface area contributed by atoms with E-state index in [-0.39, 0.29) is 0 Å². The molecule has 3 heteroatoms. The zero-order valence-electron chi connectivity index (χ0n) is 3.48. The van der Waals surface area contributed by atoms with Crippen LogP contribution >= 0.6 is 0 Å². The first-order valence-electron chi connectivity index (χ1n) is 1.61. The van der Waals surface area contributed by atoms with Crippen LogP contribution in [-0.4, -0.2) is 6.54 Å². The molecule has 0 spiro atoms. The maximum atomic E-state index is 4.56. The number of nitrogens with one attached hydrogen (secondary N) is 1. The highest BCUT2D eigenvalue weighted by Crippen LogP contribution is 1.52. The maximum absolute atomic E-state index is 4.56. The molecule has 6 heavy (non-hydrogen) atoms. The highest BCUT2D eigenvalue weighted by Gasteiger charge is 1.66. The van der Waals surface area contributed by atoms with E-state index in [4.69, 9.17) is 0 Å². The van der Waals surface area contributed by atoms with Crippen LogP contribution in [0.1, 0.15) is 0 Å². The van der Waals surface area contributed by atoms with Gasteiger partial charge in [-0.05, 0) is 0 Å². The van der Waals surface area contributed by atoms with Gasteiger partial charge < -0.3 is 0 Å². The van der Waals surface area contributed by atoms with Gasteiger partial charge in [-0.15, -0.1) is 6.58 Å². The van der Waals surface area contributed by atoms with Crippen molar-refractivity contribution in [3.8, 4) is 0 Å². The van der Waals surface area contributed by atoms with Gasteiger partial charge in [-0.2, -0.15) is 11.4 Å². The smallest absolute Gasteiger partial charge is 0.0407 e. The second-order valence-corrected chi connectivity index (χ2v) is 0.755. The minimum atomic E-state index is 0.580. The molecule has 0 fully saturated rings. The SMILES string of the molecule is C=CCNON. The molecule has 0 aliphatic rings. The summed E-state index contributed by atoms with van der Waals surface area (Å²) >= 11 is 0. The lowest BCUT2D eigenvalue weighted by Crippen LogP contribution is -2.18. The zero-order chi connectivity index (χ0) is 4.83. The minimum Gasteiger partial charge on any atom is -0.217 e. The van der Waals surface area contributed by atoms with Crippen LogP contribution in [0.25, 0.3) is 0 Å². The Kier molecular flexibility index (Phi) is 4.33. The molecule has 3 N–H and O–H groups in total. The highest BCUT2D eigenvalue weighted by molar-refractivity contribution is 4.65. The van der Waals surface area contributed by atoms with Gasteiger partial charge in [-0.3, -0.25) is 0 Å². The van der Waals surface area contributed by atoms with Crippen molar-refractivity contribution in [3.63, 3.8) is 0 Å². The van der Waals surface area contributed by atoms with Crippen molar-refractivity contribution >= 4 is 0 Å². The lowest BCUT2D eigenvalue weighted by Gasteiger charge is -1.89. The zero-order valence-corrected chi connectivity index (χ0v) is 3.48. The molecule has 0 bridgehead atoms. The number of nitrogens with two attached hydrogens (primary N) is 1. The molecule has 0 aromatic heterocycles.